The largest absolute Gasteiger partial charge is 0.492 e. The summed E-state index contributed by atoms with van der Waals surface area (Å²) in [5.41, 5.74) is 1.54. The van der Waals surface area contributed by atoms with Crippen LogP contribution >= 0.6 is 34.8 Å². The monoisotopic (exact) mass is 500 g/mol. The van der Waals surface area contributed by atoms with Gasteiger partial charge in [-0.25, -0.2) is 4.98 Å². The summed E-state index contributed by atoms with van der Waals surface area (Å²) in [7, 11) is 0. The van der Waals surface area contributed by atoms with Crippen LogP contribution in [0, 0.1) is 0 Å². The molecule has 0 saturated heterocycles. The number of ether oxygens (including phenoxy) is 1. The van der Waals surface area contributed by atoms with Gasteiger partial charge in [-0.1, -0.05) is 65.8 Å². The summed E-state index contributed by atoms with van der Waals surface area (Å²) in [4.78, 5) is 18.0. The molecule has 0 amide bonds. The lowest BCUT2D eigenvalue weighted by molar-refractivity contribution is 0.304. The Labute approximate surface area is 207 Å². The van der Waals surface area contributed by atoms with Crippen molar-refractivity contribution in [3.05, 3.63) is 92.2 Å². The van der Waals surface area contributed by atoms with Gasteiger partial charge >= 0.3 is 0 Å². The Morgan fingerprint density at radius 3 is 2.39 bits per heavy atom. The third kappa shape index (κ3) is 5.70. The smallest absolute Gasteiger partial charge is 0.261 e. The van der Waals surface area contributed by atoms with Crippen LogP contribution in [0.2, 0.25) is 15.1 Å². The maximum atomic E-state index is 13.2. The fourth-order valence-electron chi connectivity index (χ4n) is 3.70. The first-order valence-corrected chi connectivity index (χ1v) is 12.0. The molecule has 0 aliphatic heterocycles. The van der Waals surface area contributed by atoms with E-state index in [0.717, 1.165) is 31.2 Å². The van der Waals surface area contributed by atoms with E-state index in [1.54, 1.807) is 10.6 Å². The maximum Gasteiger partial charge on any atom is 0.261 e. The molecule has 7 heteroatoms. The van der Waals surface area contributed by atoms with Crippen molar-refractivity contribution in [2.75, 3.05) is 6.61 Å². The highest BCUT2D eigenvalue weighted by Crippen LogP contribution is 2.31. The zero-order valence-electron chi connectivity index (χ0n) is 17.9. The molecule has 170 valence electrons. The van der Waals surface area contributed by atoms with Crippen molar-refractivity contribution in [1.82, 2.24) is 9.55 Å². The molecule has 4 rings (SSSR count). The normalized spacial score (nSPS) is 11.1. The molecule has 0 aliphatic rings. The number of aromatic nitrogens is 2. The number of hydrogen-bond donors (Lipinski definition) is 0. The van der Waals surface area contributed by atoms with Crippen LogP contribution in [0.25, 0.3) is 22.3 Å². The van der Waals surface area contributed by atoms with E-state index in [4.69, 9.17) is 44.5 Å². The van der Waals surface area contributed by atoms with Gasteiger partial charge < -0.3 is 4.74 Å². The van der Waals surface area contributed by atoms with Crippen molar-refractivity contribution in [3.63, 3.8) is 0 Å². The van der Waals surface area contributed by atoms with Crippen molar-refractivity contribution < 1.29 is 4.74 Å². The molecule has 0 atom stereocenters. The lowest BCUT2D eigenvalue weighted by atomic mass is 10.1. The summed E-state index contributed by atoms with van der Waals surface area (Å²) in [6.07, 6.45) is 3.69. The highest BCUT2D eigenvalue weighted by atomic mass is 35.5. The van der Waals surface area contributed by atoms with Gasteiger partial charge in [0.15, 0.2) is 0 Å². The molecule has 4 aromatic rings. The summed E-state index contributed by atoms with van der Waals surface area (Å²) >= 11 is 18.2. The third-order valence-corrected chi connectivity index (χ3v) is 6.47. The minimum Gasteiger partial charge on any atom is -0.492 e. The molecule has 0 spiro atoms. The molecule has 3 aromatic carbocycles. The van der Waals surface area contributed by atoms with E-state index in [1.165, 1.54) is 0 Å². The zero-order valence-corrected chi connectivity index (χ0v) is 20.2. The summed E-state index contributed by atoms with van der Waals surface area (Å²) in [6, 6.07) is 20.2. The van der Waals surface area contributed by atoms with Crippen molar-refractivity contribution >= 4 is 45.7 Å². The Morgan fingerprint density at radius 1 is 0.818 bits per heavy atom. The third-order valence-electron chi connectivity index (χ3n) is 5.41. The van der Waals surface area contributed by atoms with Crippen LogP contribution in [0.1, 0.15) is 25.7 Å². The van der Waals surface area contributed by atoms with Gasteiger partial charge in [0.05, 0.1) is 22.5 Å². The highest BCUT2D eigenvalue weighted by Gasteiger charge is 2.12. The van der Waals surface area contributed by atoms with E-state index in [0.29, 0.717) is 50.7 Å². The van der Waals surface area contributed by atoms with Crippen molar-refractivity contribution in [3.8, 4) is 17.1 Å². The predicted octanol–water partition coefficient (Wildman–Crippen LogP) is 7.66. The van der Waals surface area contributed by atoms with Crippen LogP contribution in [0.4, 0.5) is 0 Å². The zero-order chi connectivity index (χ0) is 23.2. The number of rotatable bonds is 9. The Kier molecular flexibility index (Phi) is 7.92. The Balaban J connectivity index is 1.40. The Hall–Kier alpha value is -2.53. The SMILES string of the molecule is O=c1c2ccccc2nc(-c2ccc(Cl)cc2)n1CCCCCCOc1cccc(Cl)c1Cl. The molecular formula is C26H23Cl3N2O2. The molecular weight excluding hydrogens is 479 g/mol. The van der Waals surface area contributed by atoms with Crippen molar-refractivity contribution in [2.24, 2.45) is 0 Å². The molecule has 0 bridgehead atoms. The summed E-state index contributed by atoms with van der Waals surface area (Å²) < 4.78 is 7.52. The number of hydrogen-bond acceptors (Lipinski definition) is 3. The van der Waals surface area contributed by atoms with E-state index in [9.17, 15) is 4.79 Å². The van der Waals surface area contributed by atoms with Crippen LogP contribution in [0.3, 0.4) is 0 Å². The maximum absolute atomic E-state index is 13.2. The van der Waals surface area contributed by atoms with Gasteiger partial charge in [-0.3, -0.25) is 9.36 Å². The van der Waals surface area contributed by atoms with Gasteiger partial charge in [0.1, 0.15) is 16.6 Å². The quantitative estimate of drug-likeness (QED) is 0.221. The molecule has 0 radical (unpaired) electrons. The molecule has 0 saturated carbocycles. The fourth-order valence-corrected chi connectivity index (χ4v) is 4.17. The average molecular weight is 502 g/mol. The highest BCUT2D eigenvalue weighted by molar-refractivity contribution is 6.42. The fraction of sp³-hybridized carbons (Fsp3) is 0.231. The molecule has 4 nitrogen and oxygen atoms in total. The second-order valence-corrected chi connectivity index (χ2v) is 8.95. The summed E-state index contributed by atoms with van der Waals surface area (Å²) in [5.74, 6) is 1.26. The average Bonchev–Trinajstić information content (AvgIpc) is 2.82. The summed E-state index contributed by atoms with van der Waals surface area (Å²) in [6.45, 7) is 1.16. The number of para-hydroxylation sites is 1. The van der Waals surface area contributed by atoms with Crippen LogP contribution in [0.15, 0.2) is 71.5 Å². The van der Waals surface area contributed by atoms with Crippen LogP contribution in [-0.2, 0) is 6.54 Å². The van der Waals surface area contributed by atoms with E-state index >= 15 is 0 Å². The first-order chi connectivity index (χ1) is 16.0. The van der Waals surface area contributed by atoms with E-state index < -0.39 is 0 Å². The van der Waals surface area contributed by atoms with E-state index in [2.05, 4.69) is 0 Å². The van der Waals surface area contributed by atoms with Gasteiger partial charge in [0.2, 0.25) is 0 Å². The molecule has 33 heavy (non-hydrogen) atoms. The molecule has 0 unspecified atom stereocenters. The molecule has 1 heterocycles. The number of benzene rings is 3. The van der Waals surface area contributed by atoms with Gasteiger partial charge in [0.25, 0.3) is 5.56 Å². The van der Waals surface area contributed by atoms with Crippen LogP contribution < -0.4 is 10.3 Å². The van der Waals surface area contributed by atoms with Crippen molar-refractivity contribution in [2.45, 2.75) is 32.2 Å². The number of nitrogens with zero attached hydrogens (tertiary/aromatic N) is 2. The molecule has 0 aliphatic carbocycles. The summed E-state index contributed by atoms with van der Waals surface area (Å²) in [5, 5.41) is 2.20. The van der Waals surface area contributed by atoms with Crippen LogP contribution in [-0.4, -0.2) is 16.2 Å². The van der Waals surface area contributed by atoms with Crippen LogP contribution in [0.5, 0.6) is 5.75 Å². The molecule has 0 N–H and O–H groups in total. The lowest BCUT2D eigenvalue weighted by Crippen LogP contribution is -2.23. The standard InChI is InChI=1S/C26H23Cl3N2O2/c27-19-14-12-18(13-15-19)25-30-22-10-4-3-8-20(22)26(32)31(25)16-5-1-2-6-17-33-23-11-7-9-21(28)24(23)29/h3-4,7-15H,1-2,5-6,16-17H2. The number of unbranched alkanes of at least 4 members (excludes halogenated alkanes) is 3. The van der Waals surface area contributed by atoms with Gasteiger partial charge in [-0.05, 0) is 61.4 Å². The van der Waals surface area contributed by atoms with Gasteiger partial charge in [-0.2, -0.15) is 0 Å². The second kappa shape index (κ2) is 11.1. The first-order valence-electron chi connectivity index (χ1n) is 10.9. The topological polar surface area (TPSA) is 44.1 Å². The molecule has 1 aromatic heterocycles. The predicted molar refractivity (Wildman–Crippen MR) is 137 cm³/mol. The first kappa shape index (κ1) is 23.6. The second-order valence-electron chi connectivity index (χ2n) is 7.73. The Morgan fingerprint density at radius 2 is 1.58 bits per heavy atom. The van der Waals surface area contributed by atoms with Crippen molar-refractivity contribution in [1.29, 1.82) is 0 Å². The minimum absolute atomic E-state index is 0.0236. The minimum atomic E-state index is -0.0236. The number of halogens is 3. The molecule has 0 fully saturated rings. The Bertz CT molecular complexity index is 1300. The van der Waals surface area contributed by atoms with E-state index in [1.807, 2.05) is 60.7 Å². The van der Waals surface area contributed by atoms with E-state index in [-0.39, 0.29) is 5.56 Å². The van der Waals surface area contributed by atoms with Gasteiger partial charge in [0, 0.05) is 17.1 Å². The van der Waals surface area contributed by atoms with Gasteiger partial charge in [-0.15, -0.1) is 0 Å². The lowest BCUT2D eigenvalue weighted by Gasteiger charge is -2.14. The number of fused-ring (bicyclic) bond motifs is 1.